The largest absolute Gasteiger partial charge is 0.348 e. The fourth-order valence-corrected chi connectivity index (χ4v) is 2.41. The minimum absolute atomic E-state index is 0.00784. The van der Waals surface area contributed by atoms with Crippen LogP contribution in [0.25, 0.3) is 11.3 Å². The molecule has 1 aromatic heterocycles. The van der Waals surface area contributed by atoms with Crippen LogP contribution in [0.1, 0.15) is 23.2 Å². The van der Waals surface area contributed by atoms with Gasteiger partial charge < -0.3 is 11.1 Å². The van der Waals surface area contributed by atoms with Crippen LogP contribution < -0.4 is 11.1 Å². The lowest BCUT2D eigenvalue weighted by atomic mass is 10.1. The van der Waals surface area contributed by atoms with Gasteiger partial charge in [0, 0.05) is 18.2 Å². The van der Waals surface area contributed by atoms with Crippen molar-refractivity contribution >= 4 is 5.91 Å². The van der Waals surface area contributed by atoms with Gasteiger partial charge in [0.2, 0.25) is 0 Å². The second-order valence-corrected chi connectivity index (χ2v) is 5.32. The Morgan fingerprint density at radius 3 is 2.76 bits per heavy atom. The molecule has 6 heteroatoms. The van der Waals surface area contributed by atoms with Crippen LogP contribution in [0.15, 0.2) is 30.5 Å². The zero-order chi connectivity index (χ0) is 14.8. The number of carbonyl (C=O) groups is 1. The first-order valence-corrected chi connectivity index (χ1v) is 6.99. The first kappa shape index (κ1) is 13.8. The molecule has 110 valence electrons. The second kappa shape index (κ2) is 5.65. The number of nitrogens with one attached hydrogen (secondary N) is 2. The second-order valence-electron chi connectivity index (χ2n) is 5.32. The van der Waals surface area contributed by atoms with Crippen LogP contribution in [0.3, 0.4) is 0 Å². The summed E-state index contributed by atoms with van der Waals surface area (Å²) in [5, 5.41) is 9.67. The van der Waals surface area contributed by atoms with Crippen molar-refractivity contribution in [2.45, 2.75) is 18.9 Å². The summed E-state index contributed by atoms with van der Waals surface area (Å²) in [5.41, 5.74) is 7.45. The highest BCUT2D eigenvalue weighted by molar-refractivity contribution is 5.99. The molecular weight excluding hydrogens is 271 g/mol. The molecule has 0 bridgehead atoms. The number of carbonyl (C=O) groups excluding carboxylic acids is 1. The molecule has 1 aliphatic carbocycles. The number of benzene rings is 1. The normalized spacial score (nSPS) is 15.7. The third-order valence-electron chi connectivity index (χ3n) is 3.78. The van der Waals surface area contributed by atoms with E-state index in [0.717, 1.165) is 18.4 Å². The van der Waals surface area contributed by atoms with Gasteiger partial charge in [-0.1, -0.05) is 0 Å². The summed E-state index contributed by atoms with van der Waals surface area (Å²) >= 11 is 0. The van der Waals surface area contributed by atoms with Crippen LogP contribution in [0.2, 0.25) is 0 Å². The molecule has 5 nitrogen and oxygen atoms in total. The Morgan fingerprint density at radius 2 is 2.14 bits per heavy atom. The Hall–Kier alpha value is -2.21. The van der Waals surface area contributed by atoms with Gasteiger partial charge >= 0.3 is 0 Å². The number of aromatic amines is 1. The topological polar surface area (TPSA) is 83.8 Å². The SMILES string of the molecule is NCC(NC(=O)c1cn[nH]c1-c1ccc(F)cc1)C1CC1. The van der Waals surface area contributed by atoms with Crippen molar-refractivity contribution in [1.29, 1.82) is 0 Å². The Morgan fingerprint density at radius 1 is 1.43 bits per heavy atom. The predicted octanol–water partition coefficient (Wildman–Crippen LogP) is 1.68. The smallest absolute Gasteiger partial charge is 0.255 e. The van der Waals surface area contributed by atoms with Crippen LogP contribution in [-0.2, 0) is 0 Å². The van der Waals surface area contributed by atoms with Crippen molar-refractivity contribution in [1.82, 2.24) is 15.5 Å². The maximum Gasteiger partial charge on any atom is 0.255 e. The molecule has 1 unspecified atom stereocenters. The summed E-state index contributed by atoms with van der Waals surface area (Å²) in [6, 6.07) is 5.94. The summed E-state index contributed by atoms with van der Waals surface area (Å²) in [7, 11) is 0. The van der Waals surface area contributed by atoms with E-state index in [0.29, 0.717) is 23.7 Å². The molecule has 1 atom stereocenters. The van der Waals surface area contributed by atoms with Gasteiger partial charge in [0.05, 0.1) is 17.5 Å². The fourth-order valence-electron chi connectivity index (χ4n) is 2.41. The molecule has 1 amide bonds. The van der Waals surface area contributed by atoms with Crippen molar-refractivity contribution in [3.05, 3.63) is 41.8 Å². The molecule has 1 aromatic carbocycles. The number of rotatable bonds is 5. The van der Waals surface area contributed by atoms with Crippen LogP contribution in [0.5, 0.6) is 0 Å². The average molecular weight is 288 g/mol. The maximum absolute atomic E-state index is 13.0. The summed E-state index contributed by atoms with van der Waals surface area (Å²) in [4.78, 5) is 12.4. The van der Waals surface area contributed by atoms with Crippen molar-refractivity contribution < 1.29 is 9.18 Å². The summed E-state index contributed by atoms with van der Waals surface area (Å²) in [5.74, 6) is -0.0354. The number of amides is 1. The molecule has 1 fully saturated rings. The zero-order valence-corrected chi connectivity index (χ0v) is 11.5. The van der Waals surface area contributed by atoms with Gasteiger partial charge in [-0.05, 0) is 43.0 Å². The highest BCUT2D eigenvalue weighted by atomic mass is 19.1. The third-order valence-corrected chi connectivity index (χ3v) is 3.78. The van der Waals surface area contributed by atoms with Crippen LogP contribution in [0.4, 0.5) is 4.39 Å². The Balaban J connectivity index is 1.81. The first-order chi connectivity index (χ1) is 10.2. The molecule has 0 spiro atoms. The standard InChI is InChI=1S/C15H17FN4O/c16-11-5-3-10(4-6-11)14-12(8-18-20-14)15(21)19-13(7-17)9-1-2-9/h3-6,8-9,13H,1-2,7,17H2,(H,18,20)(H,19,21). The van der Waals surface area contributed by atoms with Crippen LogP contribution >= 0.6 is 0 Å². The maximum atomic E-state index is 13.0. The van der Waals surface area contributed by atoms with E-state index in [9.17, 15) is 9.18 Å². The molecule has 2 aromatic rings. The monoisotopic (exact) mass is 288 g/mol. The number of halogens is 1. The number of nitrogens with two attached hydrogens (primary N) is 1. The van der Waals surface area contributed by atoms with Gasteiger partial charge in [-0.2, -0.15) is 5.10 Å². The van der Waals surface area contributed by atoms with Crippen molar-refractivity contribution in [3.8, 4) is 11.3 Å². The highest BCUT2D eigenvalue weighted by Crippen LogP contribution is 2.32. The van der Waals surface area contributed by atoms with Crippen LogP contribution in [0, 0.1) is 11.7 Å². The number of aromatic nitrogens is 2. The summed E-state index contributed by atoms with van der Waals surface area (Å²) < 4.78 is 13.0. The molecule has 0 radical (unpaired) electrons. The molecule has 1 saturated carbocycles. The van der Waals surface area contributed by atoms with E-state index in [1.807, 2.05) is 0 Å². The van der Waals surface area contributed by atoms with Crippen molar-refractivity contribution in [2.75, 3.05) is 6.54 Å². The lowest BCUT2D eigenvalue weighted by molar-refractivity contribution is 0.0934. The van der Waals surface area contributed by atoms with Crippen LogP contribution in [-0.4, -0.2) is 28.7 Å². The molecular formula is C15H17FN4O. The minimum Gasteiger partial charge on any atom is -0.348 e. The van der Waals surface area contributed by atoms with Gasteiger partial charge in [0.15, 0.2) is 0 Å². The van der Waals surface area contributed by atoms with E-state index in [-0.39, 0.29) is 17.8 Å². The Kier molecular flexibility index (Phi) is 3.70. The van der Waals surface area contributed by atoms with Gasteiger partial charge in [0.1, 0.15) is 5.82 Å². The van der Waals surface area contributed by atoms with E-state index in [1.165, 1.54) is 18.3 Å². The highest BCUT2D eigenvalue weighted by Gasteiger charge is 2.32. The zero-order valence-electron chi connectivity index (χ0n) is 11.5. The molecule has 0 saturated heterocycles. The number of nitrogens with zero attached hydrogens (tertiary/aromatic N) is 1. The molecule has 21 heavy (non-hydrogen) atoms. The Labute approximate surface area is 121 Å². The lowest BCUT2D eigenvalue weighted by Crippen LogP contribution is -2.41. The van der Waals surface area contributed by atoms with Crippen molar-refractivity contribution in [3.63, 3.8) is 0 Å². The lowest BCUT2D eigenvalue weighted by Gasteiger charge is -2.15. The van der Waals surface area contributed by atoms with Gasteiger partial charge in [0.25, 0.3) is 5.91 Å². The molecule has 4 N–H and O–H groups in total. The summed E-state index contributed by atoms with van der Waals surface area (Å²) in [6.07, 6.45) is 3.70. The summed E-state index contributed by atoms with van der Waals surface area (Å²) in [6.45, 7) is 0.431. The van der Waals surface area contributed by atoms with E-state index >= 15 is 0 Å². The van der Waals surface area contributed by atoms with Gasteiger partial charge in [-0.3, -0.25) is 9.89 Å². The van der Waals surface area contributed by atoms with E-state index in [1.54, 1.807) is 12.1 Å². The molecule has 3 rings (SSSR count). The van der Waals surface area contributed by atoms with Gasteiger partial charge in [-0.25, -0.2) is 4.39 Å². The number of hydrogen-bond donors (Lipinski definition) is 3. The predicted molar refractivity (Wildman–Crippen MR) is 77.0 cm³/mol. The Bertz CT molecular complexity index is 633. The number of H-pyrrole nitrogens is 1. The quantitative estimate of drug-likeness (QED) is 0.782. The van der Waals surface area contributed by atoms with E-state index in [2.05, 4.69) is 15.5 Å². The fraction of sp³-hybridized carbons (Fsp3) is 0.333. The third kappa shape index (κ3) is 2.95. The van der Waals surface area contributed by atoms with Crippen molar-refractivity contribution in [2.24, 2.45) is 11.7 Å². The number of hydrogen-bond acceptors (Lipinski definition) is 3. The molecule has 1 heterocycles. The first-order valence-electron chi connectivity index (χ1n) is 6.99. The van der Waals surface area contributed by atoms with E-state index in [4.69, 9.17) is 5.73 Å². The van der Waals surface area contributed by atoms with Gasteiger partial charge in [-0.15, -0.1) is 0 Å². The molecule has 0 aliphatic heterocycles. The van der Waals surface area contributed by atoms with E-state index < -0.39 is 0 Å². The molecule has 1 aliphatic rings. The average Bonchev–Trinajstić information content (AvgIpc) is 3.21. The minimum atomic E-state index is -0.318.